The summed E-state index contributed by atoms with van der Waals surface area (Å²) in [5.41, 5.74) is 1.35. The van der Waals surface area contributed by atoms with E-state index in [4.69, 9.17) is 34.8 Å². The monoisotopic (exact) mass is 297 g/mol. The van der Waals surface area contributed by atoms with Gasteiger partial charge in [0.2, 0.25) is 5.78 Å². The van der Waals surface area contributed by atoms with Crippen molar-refractivity contribution in [3.63, 3.8) is 0 Å². The lowest BCUT2D eigenvalue weighted by Gasteiger charge is -2.09. The highest BCUT2D eigenvalue weighted by molar-refractivity contribution is 6.40. The van der Waals surface area contributed by atoms with Crippen molar-refractivity contribution in [3.8, 4) is 11.1 Å². The molecule has 90 valence electrons. The van der Waals surface area contributed by atoms with Gasteiger partial charge >= 0.3 is 0 Å². The predicted molar refractivity (Wildman–Crippen MR) is 73.5 cm³/mol. The second-order valence-corrected chi connectivity index (χ2v) is 4.77. The van der Waals surface area contributed by atoms with Crippen molar-refractivity contribution in [1.29, 1.82) is 0 Å². The van der Waals surface area contributed by atoms with Gasteiger partial charge in [0.05, 0.1) is 5.56 Å². The lowest BCUT2D eigenvalue weighted by atomic mass is 10.1. The number of hydrogen-bond acceptors (Lipinski definition) is 2. The maximum absolute atomic E-state index is 6.33. The predicted octanol–water partition coefficient (Wildman–Crippen LogP) is 4.36. The van der Waals surface area contributed by atoms with Crippen molar-refractivity contribution in [3.05, 3.63) is 52.0 Å². The zero-order chi connectivity index (χ0) is 12.7. The first kappa shape index (κ1) is 11.8. The second kappa shape index (κ2) is 4.43. The summed E-state index contributed by atoms with van der Waals surface area (Å²) >= 11 is 18.7. The van der Waals surface area contributed by atoms with E-state index < -0.39 is 0 Å². The largest absolute Gasteiger partial charge is 0.273 e. The quantitative estimate of drug-likeness (QED) is 0.625. The van der Waals surface area contributed by atoms with Crippen molar-refractivity contribution >= 4 is 40.6 Å². The Morgan fingerprint density at radius 2 is 1.83 bits per heavy atom. The van der Waals surface area contributed by atoms with Gasteiger partial charge in [0.25, 0.3) is 0 Å². The molecule has 6 heteroatoms. The van der Waals surface area contributed by atoms with Gasteiger partial charge in [-0.25, -0.2) is 4.98 Å². The summed E-state index contributed by atoms with van der Waals surface area (Å²) in [7, 11) is 0. The Balaban J connectivity index is 2.39. The SMILES string of the molecule is Clc1ccccc1-c1c(Cl)nc2nccn2c1Cl. The number of nitrogens with zero attached hydrogens (tertiary/aromatic N) is 3. The fraction of sp³-hybridized carbons (Fsp3) is 0. The van der Waals surface area contributed by atoms with Crippen LogP contribution >= 0.6 is 34.8 Å². The van der Waals surface area contributed by atoms with Crippen molar-refractivity contribution in [2.24, 2.45) is 0 Å². The van der Waals surface area contributed by atoms with E-state index in [2.05, 4.69) is 9.97 Å². The molecule has 18 heavy (non-hydrogen) atoms. The highest BCUT2D eigenvalue weighted by Crippen LogP contribution is 2.37. The Morgan fingerprint density at radius 1 is 1.06 bits per heavy atom. The molecule has 0 N–H and O–H groups in total. The van der Waals surface area contributed by atoms with Crippen LogP contribution in [0.4, 0.5) is 0 Å². The number of aromatic nitrogens is 3. The van der Waals surface area contributed by atoms with Gasteiger partial charge in [0, 0.05) is 23.0 Å². The highest BCUT2D eigenvalue weighted by Gasteiger charge is 2.16. The molecule has 0 aliphatic rings. The minimum Gasteiger partial charge on any atom is -0.273 e. The third kappa shape index (κ3) is 1.75. The van der Waals surface area contributed by atoms with E-state index in [1.165, 1.54) is 0 Å². The van der Waals surface area contributed by atoms with Gasteiger partial charge in [-0.15, -0.1) is 0 Å². The minimum absolute atomic E-state index is 0.284. The Labute approximate surface area is 118 Å². The summed E-state index contributed by atoms with van der Waals surface area (Å²) < 4.78 is 1.66. The molecule has 0 spiro atoms. The Hall–Kier alpha value is -1.29. The normalized spacial score (nSPS) is 11.1. The van der Waals surface area contributed by atoms with Crippen molar-refractivity contribution in [1.82, 2.24) is 14.4 Å². The molecule has 1 aromatic carbocycles. The first-order valence-electron chi connectivity index (χ1n) is 5.11. The molecule has 3 aromatic rings. The fourth-order valence-electron chi connectivity index (χ4n) is 1.77. The van der Waals surface area contributed by atoms with Gasteiger partial charge < -0.3 is 0 Å². The number of rotatable bonds is 1. The average Bonchev–Trinajstić information content (AvgIpc) is 2.79. The molecule has 2 aromatic heterocycles. The molecule has 0 saturated carbocycles. The molecular weight excluding hydrogens is 293 g/mol. The molecule has 0 saturated heterocycles. The first-order valence-corrected chi connectivity index (χ1v) is 6.25. The summed E-state index contributed by atoms with van der Waals surface area (Å²) in [5, 5.41) is 1.30. The summed E-state index contributed by atoms with van der Waals surface area (Å²) in [6, 6.07) is 7.34. The van der Waals surface area contributed by atoms with E-state index in [0.717, 1.165) is 5.56 Å². The Kier molecular flexibility index (Phi) is 2.90. The van der Waals surface area contributed by atoms with E-state index in [9.17, 15) is 0 Å². The van der Waals surface area contributed by atoms with Crippen molar-refractivity contribution in [2.45, 2.75) is 0 Å². The molecule has 0 bridgehead atoms. The van der Waals surface area contributed by atoms with Gasteiger partial charge in [-0.1, -0.05) is 53.0 Å². The molecule has 0 radical (unpaired) electrons. The Morgan fingerprint density at radius 3 is 2.61 bits per heavy atom. The van der Waals surface area contributed by atoms with Gasteiger partial charge in [-0.2, -0.15) is 4.98 Å². The van der Waals surface area contributed by atoms with Crippen LogP contribution in [0, 0.1) is 0 Å². The average molecular weight is 299 g/mol. The van der Waals surface area contributed by atoms with Crippen LogP contribution < -0.4 is 0 Å². The van der Waals surface area contributed by atoms with Crippen LogP contribution in [-0.4, -0.2) is 14.4 Å². The molecule has 0 aliphatic carbocycles. The Bertz CT molecular complexity index is 737. The summed E-state index contributed by atoms with van der Waals surface area (Å²) in [6.07, 6.45) is 3.34. The van der Waals surface area contributed by atoms with Gasteiger partial charge in [0.15, 0.2) is 0 Å². The van der Waals surface area contributed by atoms with E-state index in [-0.39, 0.29) is 5.15 Å². The zero-order valence-corrected chi connectivity index (χ0v) is 11.2. The number of benzene rings is 1. The summed E-state index contributed by atoms with van der Waals surface area (Å²) in [6.45, 7) is 0. The van der Waals surface area contributed by atoms with Crippen LogP contribution in [0.15, 0.2) is 36.7 Å². The lowest BCUT2D eigenvalue weighted by molar-refractivity contribution is 1.11. The molecule has 3 rings (SSSR count). The minimum atomic E-state index is 0.284. The number of fused-ring (bicyclic) bond motifs is 1. The third-order valence-corrected chi connectivity index (χ3v) is 3.56. The molecule has 0 amide bonds. The van der Waals surface area contributed by atoms with Crippen LogP contribution in [0.1, 0.15) is 0 Å². The zero-order valence-electron chi connectivity index (χ0n) is 8.94. The molecule has 0 unspecified atom stereocenters. The molecule has 0 aliphatic heterocycles. The van der Waals surface area contributed by atoms with E-state index >= 15 is 0 Å². The maximum atomic E-state index is 6.33. The van der Waals surface area contributed by atoms with Gasteiger partial charge in [-0.3, -0.25) is 4.40 Å². The molecular formula is C12H6Cl3N3. The van der Waals surface area contributed by atoms with Crippen LogP contribution in [-0.2, 0) is 0 Å². The smallest absolute Gasteiger partial charge is 0.236 e. The van der Waals surface area contributed by atoms with Gasteiger partial charge in [0.1, 0.15) is 10.3 Å². The number of imidazole rings is 1. The molecule has 0 fully saturated rings. The van der Waals surface area contributed by atoms with E-state index in [1.807, 2.05) is 18.2 Å². The number of hydrogen-bond donors (Lipinski definition) is 0. The number of halogens is 3. The standard InChI is InChI=1S/C12H6Cl3N3/c13-8-4-2-1-3-7(8)9-10(14)17-12-16-5-6-18(12)11(9)15/h1-6H. The highest BCUT2D eigenvalue weighted by atomic mass is 35.5. The van der Waals surface area contributed by atoms with Crippen LogP contribution in [0.25, 0.3) is 16.9 Å². The van der Waals surface area contributed by atoms with Crippen LogP contribution in [0.3, 0.4) is 0 Å². The summed E-state index contributed by atoms with van der Waals surface area (Å²) in [4.78, 5) is 8.24. The van der Waals surface area contributed by atoms with Crippen molar-refractivity contribution in [2.75, 3.05) is 0 Å². The topological polar surface area (TPSA) is 30.2 Å². The first-order chi connectivity index (χ1) is 8.68. The molecule has 0 atom stereocenters. The van der Waals surface area contributed by atoms with Crippen LogP contribution in [0.2, 0.25) is 15.3 Å². The maximum Gasteiger partial charge on any atom is 0.236 e. The molecule has 2 heterocycles. The fourth-order valence-corrected chi connectivity index (χ4v) is 2.64. The van der Waals surface area contributed by atoms with Crippen molar-refractivity contribution < 1.29 is 0 Å². The van der Waals surface area contributed by atoms with E-state index in [0.29, 0.717) is 21.5 Å². The van der Waals surface area contributed by atoms with Gasteiger partial charge in [-0.05, 0) is 6.07 Å². The summed E-state index contributed by atoms with van der Waals surface area (Å²) in [5.74, 6) is 0.459. The lowest BCUT2D eigenvalue weighted by Crippen LogP contribution is -1.95. The molecule has 3 nitrogen and oxygen atoms in total. The second-order valence-electron chi connectivity index (χ2n) is 3.65. The van der Waals surface area contributed by atoms with Crippen LogP contribution in [0.5, 0.6) is 0 Å². The third-order valence-electron chi connectivity index (χ3n) is 2.59. The van der Waals surface area contributed by atoms with E-state index in [1.54, 1.807) is 22.9 Å².